The lowest BCUT2D eigenvalue weighted by Gasteiger charge is -2.05. The summed E-state index contributed by atoms with van der Waals surface area (Å²) in [4.78, 5) is 16.8. The Morgan fingerprint density at radius 2 is 2.25 bits per heavy atom. The summed E-state index contributed by atoms with van der Waals surface area (Å²) in [6.07, 6.45) is 0.772. The van der Waals surface area contributed by atoms with Crippen molar-refractivity contribution >= 4 is 17.7 Å². The molecule has 1 aromatic heterocycles. The van der Waals surface area contributed by atoms with E-state index in [1.54, 1.807) is 11.7 Å². The first-order valence-electron chi connectivity index (χ1n) is 4.88. The Morgan fingerprint density at radius 1 is 1.56 bits per heavy atom. The van der Waals surface area contributed by atoms with Gasteiger partial charge < -0.3 is 10.0 Å². The fraction of sp³-hybridized carbons (Fsp3) is 0.667. The van der Waals surface area contributed by atoms with Gasteiger partial charge >= 0.3 is 5.97 Å². The average Bonchev–Trinajstić information content (AvgIpc) is 2.53. The van der Waals surface area contributed by atoms with E-state index in [9.17, 15) is 4.79 Å². The van der Waals surface area contributed by atoms with Crippen molar-refractivity contribution in [3.63, 3.8) is 0 Å². The maximum absolute atomic E-state index is 10.4. The van der Waals surface area contributed by atoms with E-state index in [0.29, 0.717) is 5.16 Å². The summed E-state index contributed by atoms with van der Waals surface area (Å²) in [5, 5.41) is 13.4. The Bertz CT molecular complexity index is 364. The zero-order chi connectivity index (χ0) is 12.1. The third kappa shape index (κ3) is 4.19. The van der Waals surface area contributed by atoms with E-state index in [1.165, 1.54) is 11.8 Å². The predicted molar refractivity (Wildman–Crippen MR) is 61.6 cm³/mol. The standard InChI is InChI=1S/C9H16N4O2S/c1-12(2)5-4-7-10-9(13(3)11-7)16-6-8(14)15/h4-6H2,1-3H3,(H,14,15). The number of likely N-dealkylation sites (N-methyl/N-ethyl adjacent to an activating group) is 1. The number of carboxylic acids is 1. The summed E-state index contributed by atoms with van der Waals surface area (Å²) in [5.41, 5.74) is 0. The molecule has 1 aromatic rings. The van der Waals surface area contributed by atoms with E-state index >= 15 is 0 Å². The van der Waals surface area contributed by atoms with E-state index < -0.39 is 5.97 Å². The Balaban J connectivity index is 2.55. The van der Waals surface area contributed by atoms with Crippen LogP contribution in [0.3, 0.4) is 0 Å². The first-order chi connectivity index (χ1) is 7.49. The van der Waals surface area contributed by atoms with Crippen LogP contribution in [0.25, 0.3) is 0 Å². The van der Waals surface area contributed by atoms with Crippen molar-refractivity contribution in [3.05, 3.63) is 5.82 Å². The molecule has 1 N–H and O–H groups in total. The minimum absolute atomic E-state index is 0.0135. The van der Waals surface area contributed by atoms with Crippen molar-refractivity contribution in [1.29, 1.82) is 0 Å². The number of rotatable bonds is 6. The minimum atomic E-state index is -0.845. The molecule has 1 rings (SSSR count). The van der Waals surface area contributed by atoms with Crippen molar-refractivity contribution in [1.82, 2.24) is 19.7 Å². The quantitative estimate of drug-likeness (QED) is 0.715. The van der Waals surface area contributed by atoms with Crippen LogP contribution in [0.5, 0.6) is 0 Å². The van der Waals surface area contributed by atoms with Gasteiger partial charge in [-0.3, -0.25) is 4.79 Å². The van der Waals surface area contributed by atoms with Crippen LogP contribution in [-0.4, -0.2) is 57.1 Å². The number of carboxylic acid groups (broad SMARTS) is 1. The molecule has 0 aliphatic rings. The van der Waals surface area contributed by atoms with Gasteiger partial charge in [-0.1, -0.05) is 11.8 Å². The number of hydrogen-bond acceptors (Lipinski definition) is 5. The third-order valence-corrected chi connectivity index (χ3v) is 2.88. The Labute approximate surface area is 98.7 Å². The highest BCUT2D eigenvalue weighted by Crippen LogP contribution is 2.14. The normalized spacial score (nSPS) is 11.0. The fourth-order valence-corrected chi connectivity index (χ4v) is 1.75. The molecule has 90 valence electrons. The number of aromatic nitrogens is 3. The van der Waals surface area contributed by atoms with Gasteiger partial charge in [0, 0.05) is 20.0 Å². The van der Waals surface area contributed by atoms with Gasteiger partial charge in [0.1, 0.15) is 0 Å². The highest BCUT2D eigenvalue weighted by atomic mass is 32.2. The maximum Gasteiger partial charge on any atom is 0.313 e. The lowest BCUT2D eigenvalue weighted by Crippen LogP contribution is -2.15. The summed E-state index contributed by atoms with van der Waals surface area (Å²) in [6.45, 7) is 0.882. The molecule has 0 aliphatic heterocycles. The van der Waals surface area contributed by atoms with E-state index in [1.807, 2.05) is 14.1 Å². The largest absolute Gasteiger partial charge is 0.481 e. The van der Waals surface area contributed by atoms with Crippen LogP contribution in [0.4, 0.5) is 0 Å². The maximum atomic E-state index is 10.4. The molecule has 0 amide bonds. The van der Waals surface area contributed by atoms with Crippen LogP contribution < -0.4 is 0 Å². The Morgan fingerprint density at radius 3 is 2.81 bits per heavy atom. The topological polar surface area (TPSA) is 71.2 Å². The van der Waals surface area contributed by atoms with Gasteiger partial charge in [-0.15, -0.1) is 0 Å². The molecule has 0 saturated carbocycles. The molecule has 0 atom stereocenters. The average molecular weight is 244 g/mol. The van der Waals surface area contributed by atoms with Crippen molar-refractivity contribution in [2.24, 2.45) is 7.05 Å². The second kappa shape index (κ2) is 5.86. The Hall–Kier alpha value is -1.08. The number of thioether (sulfide) groups is 1. The number of carbonyl (C=O) groups is 1. The summed E-state index contributed by atoms with van der Waals surface area (Å²) < 4.78 is 1.62. The molecule has 0 aliphatic carbocycles. The molecule has 1 heterocycles. The zero-order valence-corrected chi connectivity index (χ0v) is 10.5. The van der Waals surface area contributed by atoms with Gasteiger partial charge in [0.2, 0.25) is 0 Å². The summed E-state index contributed by atoms with van der Waals surface area (Å²) in [7, 11) is 5.75. The lowest BCUT2D eigenvalue weighted by atomic mass is 10.4. The number of hydrogen-bond donors (Lipinski definition) is 1. The molecule has 7 heteroatoms. The second-order valence-corrected chi connectivity index (χ2v) is 4.61. The molecule has 0 bridgehead atoms. The van der Waals surface area contributed by atoms with Crippen LogP contribution in [-0.2, 0) is 18.3 Å². The van der Waals surface area contributed by atoms with E-state index in [2.05, 4.69) is 15.0 Å². The smallest absolute Gasteiger partial charge is 0.313 e. The molecular weight excluding hydrogens is 228 g/mol. The molecule has 0 unspecified atom stereocenters. The van der Waals surface area contributed by atoms with E-state index in [0.717, 1.165) is 18.8 Å². The van der Waals surface area contributed by atoms with Crippen molar-refractivity contribution in [3.8, 4) is 0 Å². The van der Waals surface area contributed by atoms with Gasteiger partial charge in [0.25, 0.3) is 0 Å². The molecule has 0 radical (unpaired) electrons. The molecule has 0 spiro atoms. The number of nitrogens with zero attached hydrogens (tertiary/aromatic N) is 4. The molecule has 0 fully saturated rings. The summed E-state index contributed by atoms with van der Waals surface area (Å²) >= 11 is 1.19. The van der Waals surface area contributed by atoms with E-state index in [4.69, 9.17) is 5.11 Å². The fourth-order valence-electron chi connectivity index (χ4n) is 1.10. The highest BCUT2D eigenvalue weighted by Gasteiger charge is 2.09. The molecular formula is C9H16N4O2S. The van der Waals surface area contributed by atoms with Gasteiger partial charge in [-0.2, -0.15) is 5.10 Å². The monoisotopic (exact) mass is 244 g/mol. The number of aryl methyl sites for hydroxylation is 1. The van der Waals surface area contributed by atoms with Gasteiger partial charge in [-0.05, 0) is 14.1 Å². The first kappa shape index (κ1) is 13.0. The summed E-state index contributed by atoms with van der Waals surface area (Å²) in [5.74, 6) is -0.0773. The Kier molecular flexibility index (Phi) is 4.75. The van der Waals surface area contributed by atoms with Crippen molar-refractivity contribution in [2.45, 2.75) is 11.6 Å². The molecule has 0 saturated heterocycles. The molecule has 6 nitrogen and oxygen atoms in total. The van der Waals surface area contributed by atoms with Crippen molar-refractivity contribution in [2.75, 3.05) is 26.4 Å². The second-order valence-electron chi connectivity index (χ2n) is 3.67. The van der Waals surface area contributed by atoms with Crippen LogP contribution in [0, 0.1) is 0 Å². The van der Waals surface area contributed by atoms with Crippen LogP contribution >= 0.6 is 11.8 Å². The van der Waals surface area contributed by atoms with Crippen molar-refractivity contribution < 1.29 is 9.90 Å². The van der Waals surface area contributed by atoms with Gasteiger partial charge in [-0.25, -0.2) is 9.67 Å². The SMILES string of the molecule is CN(C)CCc1nc(SCC(=O)O)n(C)n1. The minimum Gasteiger partial charge on any atom is -0.481 e. The summed E-state index contributed by atoms with van der Waals surface area (Å²) in [6, 6.07) is 0. The molecule has 0 aromatic carbocycles. The highest BCUT2D eigenvalue weighted by molar-refractivity contribution is 7.99. The predicted octanol–water partition coefficient (Wildman–Crippen LogP) is 0.0959. The number of aliphatic carboxylic acids is 1. The third-order valence-electron chi connectivity index (χ3n) is 1.87. The molecule has 16 heavy (non-hydrogen) atoms. The van der Waals surface area contributed by atoms with Crippen LogP contribution in [0.1, 0.15) is 5.82 Å². The van der Waals surface area contributed by atoms with E-state index in [-0.39, 0.29) is 5.75 Å². The first-order valence-corrected chi connectivity index (χ1v) is 5.87. The van der Waals surface area contributed by atoms with Gasteiger partial charge in [0.05, 0.1) is 5.75 Å². The van der Waals surface area contributed by atoms with Crippen LogP contribution in [0.2, 0.25) is 0 Å². The zero-order valence-electron chi connectivity index (χ0n) is 9.67. The van der Waals surface area contributed by atoms with Crippen LogP contribution in [0.15, 0.2) is 5.16 Å². The van der Waals surface area contributed by atoms with Gasteiger partial charge in [0.15, 0.2) is 11.0 Å². The lowest BCUT2D eigenvalue weighted by molar-refractivity contribution is -0.133.